The molecule has 3 aliphatic rings. The standard InChI is InChI=1S/C30H35N5O3S/c36-23-10-8-22(9-11-23)35-29(38)25-20-34(18-14-26(25)32-30(35)39-24-5-3-6-24)28(37)12-15-31-16-19-33-17-13-21-4-1-2-7-27(21)33/h1-2,4,7-11,24,31,36H,3,5-6,12-20H2. The quantitative estimate of drug-likeness (QED) is 0.314. The number of amides is 1. The van der Waals surface area contributed by atoms with E-state index in [1.165, 1.54) is 17.7 Å². The van der Waals surface area contributed by atoms with E-state index in [-0.39, 0.29) is 23.8 Å². The molecule has 2 aliphatic heterocycles. The number of phenolic OH excluding ortho intramolecular Hbond substituents is 1. The van der Waals surface area contributed by atoms with Gasteiger partial charge in [0.05, 0.1) is 23.5 Å². The SMILES string of the molecule is O=C(CCNCCN1CCc2ccccc21)N1CCc2nc(SC3CCC3)n(-c3ccc(O)cc3)c(=O)c2C1. The summed E-state index contributed by atoms with van der Waals surface area (Å²) in [5, 5.41) is 14.4. The van der Waals surface area contributed by atoms with Gasteiger partial charge in [0.25, 0.3) is 5.56 Å². The Hall–Kier alpha value is -3.30. The van der Waals surface area contributed by atoms with Gasteiger partial charge in [0.2, 0.25) is 5.91 Å². The third-order valence-corrected chi connectivity index (χ3v) is 9.33. The lowest BCUT2D eigenvalue weighted by Gasteiger charge is -2.30. The van der Waals surface area contributed by atoms with E-state index < -0.39 is 0 Å². The van der Waals surface area contributed by atoms with E-state index in [0.29, 0.717) is 47.6 Å². The zero-order valence-electron chi connectivity index (χ0n) is 22.1. The Labute approximate surface area is 233 Å². The Bertz CT molecular complexity index is 1400. The fourth-order valence-electron chi connectivity index (χ4n) is 5.54. The van der Waals surface area contributed by atoms with E-state index in [9.17, 15) is 14.7 Å². The summed E-state index contributed by atoms with van der Waals surface area (Å²) in [6.45, 7) is 4.28. The Kier molecular flexibility index (Phi) is 7.61. The first-order chi connectivity index (χ1) is 19.1. The highest BCUT2D eigenvalue weighted by Crippen LogP contribution is 2.36. The van der Waals surface area contributed by atoms with Crippen molar-refractivity contribution in [2.45, 2.75) is 55.5 Å². The van der Waals surface area contributed by atoms with Crippen molar-refractivity contribution in [1.82, 2.24) is 19.8 Å². The highest BCUT2D eigenvalue weighted by molar-refractivity contribution is 7.99. The number of aromatic nitrogens is 2. The van der Waals surface area contributed by atoms with Crippen LogP contribution in [0.25, 0.3) is 5.69 Å². The van der Waals surface area contributed by atoms with Crippen molar-refractivity contribution in [3.8, 4) is 11.4 Å². The first kappa shape index (κ1) is 26.0. The summed E-state index contributed by atoms with van der Waals surface area (Å²) in [4.78, 5) is 36.0. The van der Waals surface area contributed by atoms with Crippen molar-refractivity contribution in [2.75, 3.05) is 37.6 Å². The number of thioether (sulfide) groups is 1. The van der Waals surface area contributed by atoms with Gasteiger partial charge in [0, 0.05) is 56.5 Å². The van der Waals surface area contributed by atoms with E-state index >= 15 is 0 Å². The van der Waals surface area contributed by atoms with Crippen LogP contribution in [-0.4, -0.2) is 63.4 Å². The normalized spacial score (nSPS) is 16.6. The number of nitrogens with one attached hydrogen (secondary N) is 1. The molecule has 0 bridgehead atoms. The summed E-state index contributed by atoms with van der Waals surface area (Å²) in [5.41, 5.74) is 4.71. The number of benzene rings is 2. The number of hydrogen-bond donors (Lipinski definition) is 2. The molecule has 3 aromatic rings. The van der Waals surface area contributed by atoms with Crippen LogP contribution < -0.4 is 15.8 Å². The van der Waals surface area contributed by atoms with Crippen LogP contribution in [0.2, 0.25) is 0 Å². The largest absolute Gasteiger partial charge is 0.508 e. The number of carbonyl (C=O) groups excluding carboxylic acids is 1. The fraction of sp³-hybridized carbons (Fsp3) is 0.433. The predicted molar refractivity (Wildman–Crippen MR) is 154 cm³/mol. The molecule has 0 atom stereocenters. The van der Waals surface area contributed by atoms with Crippen LogP contribution in [0, 0.1) is 0 Å². The monoisotopic (exact) mass is 545 g/mol. The van der Waals surface area contributed by atoms with E-state index in [2.05, 4.69) is 34.5 Å². The molecule has 1 amide bonds. The molecule has 1 saturated carbocycles. The number of anilines is 1. The van der Waals surface area contributed by atoms with Gasteiger partial charge >= 0.3 is 0 Å². The number of carbonyl (C=O) groups is 1. The Morgan fingerprint density at radius 3 is 2.67 bits per heavy atom. The fourth-order valence-corrected chi connectivity index (χ4v) is 6.87. The van der Waals surface area contributed by atoms with Gasteiger partial charge in [-0.2, -0.15) is 0 Å². The van der Waals surface area contributed by atoms with Crippen molar-refractivity contribution < 1.29 is 9.90 Å². The van der Waals surface area contributed by atoms with Gasteiger partial charge in [-0.15, -0.1) is 0 Å². The number of hydrogen-bond acceptors (Lipinski definition) is 7. The topological polar surface area (TPSA) is 90.7 Å². The molecular weight excluding hydrogens is 510 g/mol. The second-order valence-electron chi connectivity index (χ2n) is 10.6. The first-order valence-corrected chi connectivity index (χ1v) is 14.9. The number of rotatable bonds is 9. The summed E-state index contributed by atoms with van der Waals surface area (Å²) < 4.78 is 1.66. The lowest BCUT2D eigenvalue weighted by atomic mass is 10.0. The maximum absolute atomic E-state index is 13.8. The molecule has 0 unspecified atom stereocenters. The zero-order valence-corrected chi connectivity index (χ0v) is 23.0. The molecule has 39 heavy (non-hydrogen) atoms. The maximum atomic E-state index is 13.8. The molecular formula is C30H35N5O3S. The smallest absolute Gasteiger partial charge is 0.264 e. The molecule has 0 radical (unpaired) electrons. The number of nitrogens with zero attached hydrogens (tertiary/aromatic N) is 4. The molecule has 0 saturated heterocycles. The molecule has 3 heterocycles. The number of para-hydroxylation sites is 1. The summed E-state index contributed by atoms with van der Waals surface area (Å²) in [7, 11) is 0. The van der Waals surface area contributed by atoms with Crippen molar-refractivity contribution >= 4 is 23.4 Å². The van der Waals surface area contributed by atoms with Crippen LogP contribution >= 0.6 is 11.8 Å². The summed E-state index contributed by atoms with van der Waals surface area (Å²) >= 11 is 1.67. The van der Waals surface area contributed by atoms with Crippen LogP contribution in [0.5, 0.6) is 5.75 Å². The van der Waals surface area contributed by atoms with Gasteiger partial charge in [-0.1, -0.05) is 36.4 Å². The zero-order chi connectivity index (χ0) is 26.8. The second-order valence-corrected chi connectivity index (χ2v) is 11.8. The van der Waals surface area contributed by atoms with Crippen LogP contribution in [0.15, 0.2) is 58.5 Å². The minimum absolute atomic E-state index is 0.0585. The third kappa shape index (κ3) is 5.56. The van der Waals surface area contributed by atoms with Gasteiger partial charge in [-0.25, -0.2) is 4.98 Å². The third-order valence-electron chi connectivity index (χ3n) is 8.04. The molecule has 8 nitrogen and oxygen atoms in total. The van der Waals surface area contributed by atoms with E-state index in [4.69, 9.17) is 4.98 Å². The van der Waals surface area contributed by atoms with Crippen molar-refractivity contribution in [1.29, 1.82) is 0 Å². The van der Waals surface area contributed by atoms with Gasteiger partial charge < -0.3 is 20.2 Å². The van der Waals surface area contributed by atoms with E-state index in [1.54, 1.807) is 45.5 Å². The highest BCUT2D eigenvalue weighted by Gasteiger charge is 2.29. The molecule has 1 aliphatic carbocycles. The van der Waals surface area contributed by atoms with Crippen molar-refractivity contribution in [2.24, 2.45) is 0 Å². The molecule has 1 fully saturated rings. The second kappa shape index (κ2) is 11.4. The van der Waals surface area contributed by atoms with Crippen LogP contribution in [0.1, 0.15) is 42.5 Å². The van der Waals surface area contributed by atoms with Crippen LogP contribution in [0.3, 0.4) is 0 Å². The number of phenols is 1. The Morgan fingerprint density at radius 1 is 1.05 bits per heavy atom. The minimum Gasteiger partial charge on any atom is -0.508 e. The van der Waals surface area contributed by atoms with Gasteiger partial charge in [0.15, 0.2) is 5.16 Å². The molecule has 1 aromatic heterocycles. The van der Waals surface area contributed by atoms with E-state index in [0.717, 1.165) is 44.6 Å². The average Bonchev–Trinajstić information content (AvgIpc) is 3.34. The predicted octanol–water partition coefficient (Wildman–Crippen LogP) is 3.51. The van der Waals surface area contributed by atoms with E-state index in [1.807, 2.05) is 0 Å². The summed E-state index contributed by atoms with van der Waals surface area (Å²) in [6, 6.07) is 15.2. The summed E-state index contributed by atoms with van der Waals surface area (Å²) in [5.74, 6) is 0.213. The lowest BCUT2D eigenvalue weighted by molar-refractivity contribution is -0.132. The Morgan fingerprint density at radius 2 is 1.87 bits per heavy atom. The average molecular weight is 546 g/mol. The molecule has 0 spiro atoms. The molecule has 6 rings (SSSR count). The van der Waals surface area contributed by atoms with Crippen LogP contribution in [0.4, 0.5) is 5.69 Å². The molecule has 9 heteroatoms. The Balaban J connectivity index is 1.09. The van der Waals surface area contributed by atoms with Gasteiger partial charge in [-0.3, -0.25) is 14.2 Å². The molecule has 204 valence electrons. The molecule has 2 N–H and O–H groups in total. The summed E-state index contributed by atoms with van der Waals surface area (Å²) in [6.07, 6.45) is 5.57. The van der Waals surface area contributed by atoms with Crippen molar-refractivity contribution in [3.05, 3.63) is 75.7 Å². The number of fused-ring (bicyclic) bond motifs is 2. The van der Waals surface area contributed by atoms with Crippen molar-refractivity contribution in [3.63, 3.8) is 0 Å². The maximum Gasteiger partial charge on any atom is 0.264 e. The van der Waals surface area contributed by atoms with Gasteiger partial charge in [-0.05, 0) is 55.2 Å². The van der Waals surface area contributed by atoms with Gasteiger partial charge in [0.1, 0.15) is 5.75 Å². The number of aromatic hydroxyl groups is 1. The lowest BCUT2D eigenvalue weighted by Crippen LogP contribution is -2.42. The minimum atomic E-state index is -0.117. The highest BCUT2D eigenvalue weighted by atomic mass is 32.2. The molecule has 2 aromatic carbocycles. The van der Waals surface area contributed by atoms with Crippen LogP contribution in [-0.2, 0) is 24.2 Å². The first-order valence-electron chi connectivity index (χ1n) is 14.0.